The van der Waals surface area contributed by atoms with Gasteiger partial charge in [-0.2, -0.15) is 5.10 Å². The van der Waals surface area contributed by atoms with Gasteiger partial charge in [-0.05, 0) is 44.4 Å². The van der Waals surface area contributed by atoms with Crippen molar-refractivity contribution in [3.8, 4) is 0 Å². The lowest BCUT2D eigenvalue weighted by Crippen LogP contribution is -2.49. The first-order valence-electron chi connectivity index (χ1n) is 9.93. The van der Waals surface area contributed by atoms with Gasteiger partial charge in [0, 0.05) is 50.4 Å². The zero-order valence-corrected chi connectivity index (χ0v) is 15.8. The van der Waals surface area contributed by atoms with Gasteiger partial charge in [0.1, 0.15) is 5.82 Å². The number of likely N-dealkylation sites (tertiary alicyclic amines) is 2. The molecule has 27 heavy (non-hydrogen) atoms. The van der Waals surface area contributed by atoms with Gasteiger partial charge in [-0.15, -0.1) is 0 Å². The molecular weight excluding hydrogens is 340 g/mol. The molecule has 5 rings (SSSR count). The average Bonchev–Trinajstić information content (AvgIpc) is 3.32. The van der Waals surface area contributed by atoms with Gasteiger partial charge in [-0.3, -0.25) is 19.8 Å². The number of H-pyrrole nitrogens is 1. The number of aromatic amines is 1. The van der Waals surface area contributed by atoms with Gasteiger partial charge in [0.2, 0.25) is 5.91 Å². The van der Waals surface area contributed by atoms with E-state index in [0.29, 0.717) is 11.8 Å². The third-order valence-electron chi connectivity index (χ3n) is 6.46. The average molecular weight is 366 g/mol. The lowest BCUT2D eigenvalue weighted by Gasteiger charge is -2.41. The number of aromatic nitrogens is 4. The van der Waals surface area contributed by atoms with Crippen LogP contribution in [0, 0.1) is 18.8 Å². The fourth-order valence-corrected chi connectivity index (χ4v) is 4.83. The maximum atomic E-state index is 12.8. The lowest BCUT2D eigenvalue weighted by atomic mass is 9.72. The maximum absolute atomic E-state index is 12.8. The van der Waals surface area contributed by atoms with Crippen LogP contribution < -0.4 is 0 Å². The summed E-state index contributed by atoms with van der Waals surface area (Å²) < 4.78 is 0. The topological polar surface area (TPSA) is 78.0 Å². The van der Waals surface area contributed by atoms with Gasteiger partial charge in [-0.25, -0.2) is 4.98 Å². The number of nitrogens with one attached hydrogen (secondary N) is 1. The summed E-state index contributed by atoms with van der Waals surface area (Å²) in [6.45, 7) is 6.41. The number of nitrogens with zero attached hydrogens (tertiary/aromatic N) is 5. The summed E-state index contributed by atoms with van der Waals surface area (Å²) in [5.74, 6) is 2.73. The second kappa shape index (κ2) is 6.41. The monoisotopic (exact) mass is 366 g/mol. The van der Waals surface area contributed by atoms with Gasteiger partial charge in [-0.1, -0.05) is 6.07 Å². The van der Waals surface area contributed by atoms with Crippen molar-refractivity contribution in [3.05, 3.63) is 41.7 Å². The number of hydrogen-bond donors (Lipinski definition) is 1. The van der Waals surface area contributed by atoms with Crippen LogP contribution in [-0.4, -0.2) is 62.1 Å². The van der Waals surface area contributed by atoms with E-state index in [4.69, 9.17) is 4.98 Å². The van der Waals surface area contributed by atoms with Crippen LogP contribution in [0.15, 0.2) is 24.5 Å². The molecule has 0 bridgehead atoms. The minimum Gasteiger partial charge on any atom is -0.341 e. The van der Waals surface area contributed by atoms with Crippen LogP contribution in [0.3, 0.4) is 0 Å². The van der Waals surface area contributed by atoms with E-state index in [1.807, 2.05) is 25.4 Å². The predicted octanol–water partition coefficient (Wildman–Crippen LogP) is 1.52. The van der Waals surface area contributed by atoms with E-state index < -0.39 is 0 Å². The summed E-state index contributed by atoms with van der Waals surface area (Å²) in [6.07, 6.45) is 6.86. The third kappa shape index (κ3) is 3.04. The van der Waals surface area contributed by atoms with Crippen LogP contribution in [0.1, 0.15) is 36.5 Å². The molecule has 0 unspecified atom stereocenters. The van der Waals surface area contributed by atoms with Gasteiger partial charge in [0.05, 0.1) is 5.41 Å². The third-order valence-corrected chi connectivity index (χ3v) is 6.46. The molecule has 4 heterocycles. The smallest absolute Gasteiger partial charge is 0.225 e. The summed E-state index contributed by atoms with van der Waals surface area (Å²) in [6, 6.07) is 4.12. The van der Waals surface area contributed by atoms with Crippen molar-refractivity contribution < 1.29 is 4.79 Å². The Bertz CT molecular complexity index is 832. The molecule has 0 spiro atoms. The Balaban J connectivity index is 1.39. The molecule has 7 nitrogen and oxygen atoms in total. The highest BCUT2D eigenvalue weighted by atomic mass is 16.2. The number of hydrogen-bond acceptors (Lipinski definition) is 5. The zero-order valence-electron chi connectivity index (χ0n) is 15.8. The first kappa shape index (κ1) is 16.9. The van der Waals surface area contributed by atoms with Crippen LogP contribution >= 0.6 is 0 Å². The van der Waals surface area contributed by atoms with Crippen LogP contribution in [0.2, 0.25) is 0 Å². The molecule has 2 aromatic heterocycles. The van der Waals surface area contributed by atoms with Gasteiger partial charge in [0.25, 0.3) is 0 Å². The highest BCUT2D eigenvalue weighted by Crippen LogP contribution is 2.45. The van der Waals surface area contributed by atoms with Gasteiger partial charge < -0.3 is 4.90 Å². The number of carbonyl (C=O) groups excluding carboxylic acids is 1. The second-order valence-electron chi connectivity index (χ2n) is 8.44. The molecule has 1 saturated carbocycles. The maximum Gasteiger partial charge on any atom is 0.225 e. The van der Waals surface area contributed by atoms with Crippen molar-refractivity contribution in [1.82, 2.24) is 30.0 Å². The minimum absolute atomic E-state index is 0.110. The van der Waals surface area contributed by atoms with E-state index in [1.54, 1.807) is 0 Å². The second-order valence-corrected chi connectivity index (χ2v) is 8.44. The van der Waals surface area contributed by atoms with Crippen LogP contribution in [0.5, 0.6) is 0 Å². The van der Waals surface area contributed by atoms with E-state index in [1.165, 1.54) is 5.56 Å². The Morgan fingerprint density at radius 1 is 1.37 bits per heavy atom. The molecule has 1 N–H and O–H groups in total. The first-order valence-corrected chi connectivity index (χ1v) is 9.93. The van der Waals surface area contributed by atoms with Gasteiger partial charge >= 0.3 is 0 Å². The summed E-state index contributed by atoms with van der Waals surface area (Å²) in [5.41, 5.74) is 1.13. The molecule has 2 aliphatic heterocycles. The van der Waals surface area contributed by atoms with Crippen molar-refractivity contribution in [1.29, 1.82) is 0 Å². The SMILES string of the molecule is Cc1nc([C@@]23CCN(Cc4cccnc4)C[C@@H]2CN(C(=O)C2CC2)C3)n[nH]1. The number of amides is 1. The largest absolute Gasteiger partial charge is 0.341 e. The Morgan fingerprint density at radius 2 is 2.26 bits per heavy atom. The number of carbonyl (C=O) groups is 1. The normalized spacial score (nSPS) is 28.3. The summed E-state index contributed by atoms with van der Waals surface area (Å²) >= 11 is 0. The molecule has 1 aliphatic carbocycles. The summed E-state index contributed by atoms with van der Waals surface area (Å²) in [4.78, 5) is 26.3. The van der Waals surface area contributed by atoms with Crippen molar-refractivity contribution >= 4 is 5.91 Å². The Labute approximate surface area is 159 Å². The molecule has 7 heteroatoms. The summed E-state index contributed by atoms with van der Waals surface area (Å²) in [5, 5.41) is 7.55. The number of rotatable bonds is 4. The van der Waals surface area contributed by atoms with E-state index >= 15 is 0 Å². The molecule has 2 atom stereocenters. The highest BCUT2D eigenvalue weighted by Gasteiger charge is 2.54. The molecular formula is C20H26N6O. The molecule has 2 aromatic rings. The van der Waals surface area contributed by atoms with E-state index in [2.05, 4.69) is 31.0 Å². The zero-order chi connectivity index (χ0) is 18.4. The quantitative estimate of drug-likeness (QED) is 0.888. The van der Waals surface area contributed by atoms with Crippen molar-refractivity contribution in [2.24, 2.45) is 11.8 Å². The molecule has 0 radical (unpaired) electrons. The fraction of sp³-hybridized carbons (Fsp3) is 0.600. The molecule has 3 aliphatic rings. The Kier molecular flexibility index (Phi) is 4.00. The number of aryl methyl sites for hydroxylation is 1. The predicted molar refractivity (Wildman–Crippen MR) is 99.7 cm³/mol. The van der Waals surface area contributed by atoms with E-state index in [9.17, 15) is 4.79 Å². The van der Waals surface area contributed by atoms with E-state index in [-0.39, 0.29) is 11.3 Å². The van der Waals surface area contributed by atoms with Crippen molar-refractivity contribution in [2.75, 3.05) is 26.2 Å². The molecule has 1 amide bonds. The Hall–Kier alpha value is -2.28. The lowest BCUT2D eigenvalue weighted by molar-refractivity contribution is -0.131. The first-order chi connectivity index (χ1) is 13.1. The van der Waals surface area contributed by atoms with Crippen LogP contribution in [0.4, 0.5) is 0 Å². The van der Waals surface area contributed by atoms with Crippen LogP contribution in [-0.2, 0) is 16.8 Å². The molecule has 3 fully saturated rings. The Morgan fingerprint density at radius 3 is 2.96 bits per heavy atom. The number of fused-ring (bicyclic) bond motifs is 1. The molecule has 2 saturated heterocycles. The standard InChI is InChI=1S/C20H26N6O/c1-14-22-19(24-23-14)20-6-8-25(10-15-3-2-7-21-9-15)11-17(20)12-26(13-20)18(27)16-4-5-16/h2-3,7,9,16-17H,4-6,8,10-13H2,1H3,(H,22,23,24)/t17-,20-/m1/s1. The fourth-order valence-electron chi connectivity index (χ4n) is 4.83. The highest BCUT2D eigenvalue weighted by molar-refractivity contribution is 5.81. The molecule has 142 valence electrons. The van der Waals surface area contributed by atoms with Crippen LogP contribution in [0.25, 0.3) is 0 Å². The van der Waals surface area contributed by atoms with Gasteiger partial charge in [0.15, 0.2) is 5.82 Å². The number of pyridine rings is 1. The van der Waals surface area contributed by atoms with Crippen molar-refractivity contribution in [2.45, 2.75) is 38.1 Å². The summed E-state index contributed by atoms with van der Waals surface area (Å²) in [7, 11) is 0. The van der Waals surface area contributed by atoms with Crippen molar-refractivity contribution in [3.63, 3.8) is 0 Å². The number of piperidine rings is 1. The minimum atomic E-state index is -0.110. The molecule has 0 aromatic carbocycles. The van der Waals surface area contributed by atoms with E-state index in [0.717, 1.165) is 63.6 Å².